The quantitative estimate of drug-likeness (QED) is 0.455. The average molecular weight is 438 g/mol. The van der Waals surface area contributed by atoms with E-state index in [4.69, 9.17) is 15.7 Å². The number of rotatable bonds is 5. The normalized spacial score (nSPS) is 10.4. The number of methoxy groups -OCH3 is 1. The second kappa shape index (κ2) is 9.25. The number of aryl methyl sites for hydroxylation is 1. The van der Waals surface area contributed by atoms with E-state index in [2.05, 4.69) is 43.2 Å². The van der Waals surface area contributed by atoms with Crippen LogP contribution < -0.4 is 15.8 Å². The molecule has 0 fully saturated rings. The molecule has 1 aromatic carbocycles. The Balaban J connectivity index is 1.57. The van der Waals surface area contributed by atoms with Crippen molar-refractivity contribution in [1.82, 2.24) is 24.5 Å². The molecule has 9 heteroatoms. The second-order valence-electron chi connectivity index (χ2n) is 7.37. The van der Waals surface area contributed by atoms with Gasteiger partial charge < -0.3 is 20.4 Å². The molecule has 4 aromatic rings. The van der Waals surface area contributed by atoms with Gasteiger partial charge in [-0.1, -0.05) is 17.9 Å². The number of benzene rings is 1. The Labute approximate surface area is 191 Å². The summed E-state index contributed by atoms with van der Waals surface area (Å²) in [5, 5.41) is 12.2. The summed E-state index contributed by atoms with van der Waals surface area (Å²) in [6.45, 7) is 4.73. The standard InChI is InChI=1S/C24H22N8O/c1-15-12-28-19(16(2)21(15)33-3)13-32-14-29-20-22(30-24(26)31-23(20)32)27-9-5-8-17-6-4-7-18(10-17)11-25/h4,6-7,10,12,14H,9,13H2,1-3H3,(H3,26,27,30,31). The molecule has 4 rings (SSSR count). The number of fused-ring (bicyclic) bond motifs is 1. The number of hydrogen-bond acceptors (Lipinski definition) is 8. The maximum Gasteiger partial charge on any atom is 0.224 e. The molecule has 0 aliphatic carbocycles. The molecule has 3 N–H and O–H groups in total. The smallest absolute Gasteiger partial charge is 0.224 e. The number of imidazole rings is 1. The number of hydrogen-bond donors (Lipinski definition) is 2. The fourth-order valence-electron chi connectivity index (χ4n) is 3.53. The van der Waals surface area contributed by atoms with Crippen LogP contribution in [0.25, 0.3) is 11.2 Å². The molecule has 9 nitrogen and oxygen atoms in total. The van der Waals surface area contributed by atoms with Crippen molar-refractivity contribution in [1.29, 1.82) is 5.26 Å². The minimum Gasteiger partial charge on any atom is -0.496 e. The summed E-state index contributed by atoms with van der Waals surface area (Å²) in [6, 6.07) is 9.24. The number of nitrogen functional groups attached to an aromatic ring is 1. The number of anilines is 2. The van der Waals surface area contributed by atoms with Crippen molar-refractivity contribution in [2.45, 2.75) is 20.4 Å². The zero-order valence-corrected chi connectivity index (χ0v) is 18.5. The third kappa shape index (κ3) is 4.53. The molecule has 33 heavy (non-hydrogen) atoms. The number of ether oxygens (including phenoxy) is 1. The monoisotopic (exact) mass is 438 g/mol. The van der Waals surface area contributed by atoms with Gasteiger partial charge in [-0.05, 0) is 32.0 Å². The molecule has 0 unspecified atom stereocenters. The van der Waals surface area contributed by atoms with Crippen molar-refractivity contribution in [3.05, 3.63) is 64.7 Å². The lowest BCUT2D eigenvalue weighted by molar-refractivity contribution is 0.406. The van der Waals surface area contributed by atoms with Gasteiger partial charge in [0, 0.05) is 22.9 Å². The van der Waals surface area contributed by atoms with Gasteiger partial charge >= 0.3 is 0 Å². The van der Waals surface area contributed by atoms with Gasteiger partial charge in [0.05, 0.1) is 43.9 Å². The predicted molar refractivity (Wildman–Crippen MR) is 126 cm³/mol. The third-order valence-corrected chi connectivity index (χ3v) is 5.12. The highest BCUT2D eigenvalue weighted by atomic mass is 16.5. The van der Waals surface area contributed by atoms with Crippen LogP contribution >= 0.6 is 0 Å². The second-order valence-corrected chi connectivity index (χ2v) is 7.37. The van der Waals surface area contributed by atoms with Crippen molar-refractivity contribution in [2.75, 3.05) is 24.7 Å². The van der Waals surface area contributed by atoms with Crippen LogP contribution in [-0.4, -0.2) is 38.2 Å². The largest absolute Gasteiger partial charge is 0.496 e. The number of nitrogens with zero attached hydrogens (tertiary/aromatic N) is 6. The Morgan fingerprint density at radius 2 is 2.00 bits per heavy atom. The first-order chi connectivity index (χ1) is 16.0. The highest BCUT2D eigenvalue weighted by Gasteiger charge is 2.15. The van der Waals surface area contributed by atoms with Crippen LogP contribution in [0.5, 0.6) is 5.75 Å². The van der Waals surface area contributed by atoms with E-state index in [0.29, 0.717) is 35.6 Å². The number of nitrogens with one attached hydrogen (secondary N) is 1. The zero-order chi connectivity index (χ0) is 23.4. The highest BCUT2D eigenvalue weighted by Crippen LogP contribution is 2.26. The fourth-order valence-corrected chi connectivity index (χ4v) is 3.53. The first-order valence-electron chi connectivity index (χ1n) is 10.2. The van der Waals surface area contributed by atoms with Gasteiger partial charge in [-0.25, -0.2) is 4.98 Å². The van der Waals surface area contributed by atoms with Crippen molar-refractivity contribution in [3.63, 3.8) is 0 Å². The summed E-state index contributed by atoms with van der Waals surface area (Å²) in [5.74, 6) is 7.51. The maximum atomic E-state index is 9.00. The maximum absolute atomic E-state index is 9.00. The minimum atomic E-state index is 0.132. The van der Waals surface area contributed by atoms with Crippen LogP contribution in [0.1, 0.15) is 27.9 Å². The summed E-state index contributed by atoms with van der Waals surface area (Å²) in [5.41, 5.74) is 11.3. The molecular weight excluding hydrogens is 416 g/mol. The minimum absolute atomic E-state index is 0.132. The van der Waals surface area contributed by atoms with Crippen LogP contribution in [0, 0.1) is 37.0 Å². The fraction of sp³-hybridized carbons (Fsp3) is 0.208. The van der Waals surface area contributed by atoms with Gasteiger partial charge in [-0.15, -0.1) is 0 Å². The molecular formula is C24H22N8O. The number of nitrogens with two attached hydrogens (primary N) is 1. The van der Waals surface area contributed by atoms with Crippen LogP contribution in [-0.2, 0) is 6.54 Å². The Hall–Kier alpha value is -4.63. The van der Waals surface area contributed by atoms with Crippen molar-refractivity contribution >= 4 is 22.9 Å². The molecule has 3 heterocycles. The molecule has 0 spiro atoms. The molecule has 0 saturated heterocycles. The van der Waals surface area contributed by atoms with E-state index in [0.717, 1.165) is 28.1 Å². The van der Waals surface area contributed by atoms with Crippen molar-refractivity contribution in [2.24, 2.45) is 0 Å². The van der Waals surface area contributed by atoms with Crippen LogP contribution in [0.4, 0.5) is 11.8 Å². The van der Waals surface area contributed by atoms with Crippen LogP contribution in [0.15, 0.2) is 36.8 Å². The predicted octanol–water partition coefficient (Wildman–Crippen LogP) is 2.81. The summed E-state index contributed by atoms with van der Waals surface area (Å²) >= 11 is 0. The van der Waals surface area contributed by atoms with Crippen LogP contribution in [0.3, 0.4) is 0 Å². The average Bonchev–Trinajstić information content (AvgIpc) is 3.21. The van der Waals surface area contributed by atoms with Gasteiger partial charge in [0.15, 0.2) is 17.0 Å². The van der Waals surface area contributed by atoms with E-state index < -0.39 is 0 Å². The molecule has 164 valence electrons. The number of aromatic nitrogens is 5. The lowest BCUT2D eigenvalue weighted by Crippen LogP contribution is -2.08. The molecule has 0 aliphatic heterocycles. The molecule has 0 radical (unpaired) electrons. The third-order valence-electron chi connectivity index (χ3n) is 5.12. The van der Waals surface area contributed by atoms with Gasteiger partial charge in [0.1, 0.15) is 5.75 Å². The van der Waals surface area contributed by atoms with Crippen molar-refractivity contribution in [3.8, 4) is 23.7 Å². The SMILES string of the molecule is COc1c(C)cnc(Cn2cnc3c(NCC#Cc4cccc(C#N)c4)nc(N)nc32)c1C. The van der Waals surface area contributed by atoms with E-state index in [9.17, 15) is 0 Å². The van der Waals surface area contributed by atoms with Gasteiger partial charge in [0.2, 0.25) is 5.95 Å². The molecule has 0 atom stereocenters. The van der Waals surface area contributed by atoms with Crippen molar-refractivity contribution < 1.29 is 4.74 Å². The van der Waals surface area contributed by atoms with Gasteiger partial charge in [-0.2, -0.15) is 15.2 Å². The van der Waals surface area contributed by atoms with E-state index in [1.165, 1.54) is 0 Å². The van der Waals surface area contributed by atoms with E-state index in [1.807, 2.05) is 24.5 Å². The Bertz CT molecular complexity index is 1440. The highest BCUT2D eigenvalue weighted by molar-refractivity contribution is 5.84. The summed E-state index contributed by atoms with van der Waals surface area (Å²) in [7, 11) is 1.65. The lowest BCUT2D eigenvalue weighted by atomic mass is 10.1. The lowest BCUT2D eigenvalue weighted by Gasteiger charge is -2.13. The molecule has 3 aromatic heterocycles. The first-order valence-corrected chi connectivity index (χ1v) is 10.2. The van der Waals surface area contributed by atoms with E-state index in [1.54, 1.807) is 37.8 Å². The molecule has 0 amide bonds. The van der Waals surface area contributed by atoms with Crippen LogP contribution in [0.2, 0.25) is 0 Å². The topological polar surface area (TPSA) is 128 Å². The Morgan fingerprint density at radius 3 is 2.79 bits per heavy atom. The van der Waals surface area contributed by atoms with Gasteiger partial charge in [-0.3, -0.25) is 4.98 Å². The summed E-state index contributed by atoms with van der Waals surface area (Å²) < 4.78 is 7.39. The summed E-state index contributed by atoms with van der Waals surface area (Å²) in [4.78, 5) is 17.7. The Morgan fingerprint density at radius 1 is 1.18 bits per heavy atom. The summed E-state index contributed by atoms with van der Waals surface area (Å²) in [6.07, 6.45) is 3.48. The molecule has 0 aliphatic rings. The molecule has 0 saturated carbocycles. The Kier molecular flexibility index (Phi) is 6.05. The van der Waals surface area contributed by atoms with E-state index >= 15 is 0 Å². The first kappa shape index (κ1) is 21.6. The van der Waals surface area contributed by atoms with E-state index in [-0.39, 0.29) is 5.95 Å². The van der Waals surface area contributed by atoms with Gasteiger partial charge in [0.25, 0.3) is 0 Å². The zero-order valence-electron chi connectivity index (χ0n) is 18.5. The molecule has 0 bridgehead atoms. The number of nitriles is 1. The number of pyridine rings is 1.